The van der Waals surface area contributed by atoms with Crippen molar-refractivity contribution < 1.29 is 19.4 Å². The van der Waals surface area contributed by atoms with Crippen molar-refractivity contribution in [2.45, 2.75) is 26.4 Å². The molecule has 5 heteroatoms. The van der Waals surface area contributed by atoms with Crippen molar-refractivity contribution in [3.8, 4) is 0 Å². The van der Waals surface area contributed by atoms with Crippen molar-refractivity contribution in [1.82, 2.24) is 4.57 Å². The number of carboxylic acids is 1. The number of nitrogens with zero attached hydrogens (tertiary/aromatic N) is 1. The van der Waals surface area contributed by atoms with Crippen LogP contribution in [0.5, 0.6) is 0 Å². The highest BCUT2D eigenvalue weighted by molar-refractivity contribution is 6.00. The number of carbonyl (C=O) groups is 2. The van der Waals surface area contributed by atoms with Crippen LogP contribution in [0, 0.1) is 0 Å². The minimum Gasteiger partial charge on any atom is -0.543 e. The summed E-state index contributed by atoms with van der Waals surface area (Å²) in [7, 11) is 0. The van der Waals surface area contributed by atoms with Crippen LogP contribution in [0.1, 0.15) is 31.3 Å². The summed E-state index contributed by atoms with van der Waals surface area (Å²) >= 11 is 0. The Hall–Kier alpha value is -2.30. The topological polar surface area (TPSA) is 71.4 Å². The van der Waals surface area contributed by atoms with E-state index in [1.54, 1.807) is 45.0 Å². The lowest BCUT2D eigenvalue weighted by Gasteiger charge is -2.21. The van der Waals surface area contributed by atoms with Gasteiger partial charge in [0.1, 0.15) is 5.60 Å². The Kier molecular flexibility index (Phi) is 3.06. The van der Waals surface area contributed by atoms with E-state index in [1.165, 1.54) is 6.07 Å². The largest absolute Gasteiger partial charge is 0.543 e. The second-order valence-electron chi connectivity index (χ2n) is 5.19. The molecule has 1 aromatic carbocycles. The van der Waals surface area contributed by atoms with Gasteiger partial charge in [-0.3, -0.25) is 0 Å². The van der Waals surface area contributed by atoms with E-state index in [9.17, 15) is 14.7 Å². The van der Waals surface area contributed by atoms with Gasteiger partial charge in [-0.1, -0.05) is 18.2 Å². The van der Waals surface area contributed by atoms with E-state index in [1.807, 2.05) is 0 Å². The Bertz CT molecular complexity index is 649. The summed E-state index contributed by atoms with van der Waals surface area (Å²) in [6, 6.07) is 8.27. The van der Waals surface area contributed by atoms with Crippen molar-refractivity contribution >= 4 is 23.0 Å². The SMILES string of the molecule is CC(C)(C)OC(=O)n1c(C(=O)[O-])cc2ccccc21. The lowest BCUT2D eigenvalue weighted by Crippen LogP contribution is -2.32. The maximum absolute atomic E-state index is 12.1. The molecule has 1 aromatic heterocycles. The van der Waals surface area contributed by atoms with Gasteiger partial charge in [-0.2, -0.15) is 0 Å². The van der Waals surface area contributed by atoms with Crippen molar-refractivity contribution in [2.24, 2.45) is 0 Å². The molecule has 0 bridgehead atoms. The fourth-order valence-corrected chi connectivity index (χ4v) is 1.81. The second-order valence-corrected chi connectivity index (χ2v) is 5.19. The lowest BCUT2D eigenvalue weighted by molar-refractivity contribution is -0.255. The molecule has 0 unspecified atom stereocenters. The molecular weight excluding hydrogens is 246 g/mol. The number of rotatable bonds is 1. The van der Waals surface area contributed by atoms with Crippen LogP contribution in [-0.4, -0.2) is 22.2 Å². The number of para-hydroxylation sites is 1. The fraction of sp³-hybridized carbons (Fsp3) is 0.286. The maximum Gasteiger partial charge on any atom is 0.419 e. The molecule has 0 N–H and O–H groups in total. The Labute approximate surface area is 110 Å². The Morgan fingerprint density at radius 2 is 1.84 bits per heavy atom. The van der Waals surface area contributed by atoms with Gasteiger partial charge in [-0.05, 0) is 32.9 Å². The van der Waals surface area contributed by atoms with E-state index in [0.717, 1.165) is 4.57 Å². The molecule has 0 saturated heterocycles. The third kappa shape index (κ3) is 2.59. The minimum atomic E-state index is -1.41. The van der Waals surface area contributed by atoms with E-state index in [0.29, 0.717) is 10.9 Å². The summed E-state index contributed by atoms with van der Waals surface area (Å²) in [6.07, 6.45) is -0.729. The Morgan fingerprint density at radius 1 is 1.21 bits per heavy atom. The van der Waals surface area contributed by atoms with Crippen molar-refractivity contribution in [3.63, 3.8) is 0 Å². The van der Waals surface area contributed by atoms with E-state index in [-0.39, 0.29) is 5.69 Å². The number of fused-ring (bicyclic) bond motifs is 1. The second kappa shape index (κ2) is 4.42. The number of hydrogen-bond acceptors (Lipinski definition) is 4. The predicted octanol–water partition coefficient (Wildman–Crippen LogP) is 1.79. The number of ether oxygens (including phenoxy) is 1. The first-order valence-electron chi connectivity index (χ1n) is 5.85. The van der Waals surface area contributed by atoms with Crippen LogP contribution in [-0.2, 0) is 4.74 Å². The van der Waals surface area contributed by atoms with Gasteiger partial charge in [0.15, 0.2) is 0 Å². The molecule has 19 heavy (non-hydrogen) atoms. The standard InChI is InChI=1S/C14H15NO4/c1-14(2,3)19-13(18)15-10-7-5-4-6-9(10)8-11(15)12(16)17/h4-8H,1-3H3,(H,16,17)/p-1. The molecule has 2 aromatic rings. The molecule has 0 atom stereocenters. The molecule has 0 saturated carbocycles. The van der Waals surface area contributed by atoms with Gasteiger partial charge < -0.3 is 14.6 Å². The maximum atomic E-state index is 12.1. The highest BCUT2D eigenvalue weighted by atomic mass is 16.6. The Balaban J connectivity index is 2.60. The molecular formula is C14H14NO4-. The average Bonchev–Trinajstić information content (AvgIpc) is 2.65. The number of aromatic carboxylic acids is 1. The van der Waals surface area contributed by atoms with Crippen molar-refractivity contribution in [2.75, 3.05) is 0 Å². The number of carbonyl (C=O) groups excluding carboxylic acids is 2. The monoisotopic (exact) mass is 260 g/mol. The summed E-state index contributed by atoms with van der Waals surface area (Å²) in [5.74, 6) is -1.41. The summed E-state index contributed by atoms with van der Waals surface area (Å²) in [4.78, 5) is 23.2. The van der Waals surface area contributed by atoms with Gasteiger partial charge in [-0.25, -0.2) is 9.36 Å². The molecule has 0 radical (unpaired) electrons. The van der Waals surface area contributed by atoms with Crippen LogP contribution >= 0.6 is 0 Å². The number of carboxylic acid groups (broad SMARTS) is 1. The quantitative estimate of drug-likeness (QED) is 0.783. The average molecular weight is 260 g/mol. The molecule has 0 spiro atoms. The van der Waals surface area contributed by atoms with E-state index < -0.39 is 17.7 Å². The zero-order chi connectivity index (χ0) is 14.2. The molecule has 0 amide bonds. The van der Waals surface area contributed by atoms with E-state index in [4.69, 9.17) is 4.74 Å². The van der Waals surface area contributed by atoms with Crippen LogP contribution in [0.25, 0.3) is 10.9 Å². The van der Waals surface area contributed by atoms with Gasteiger partial charge in [-0.15, -0.1) is 0 Å². The van der Waals surface area contributed by atoms with Gasteiger partial charge in [0, 0.05) is 5.39 Å². The third-order valence-corrected chi connectivity index (χ3v) is 2.50. The molecule has 1 heterocycles. The van der Waals surface area contributed by atoms with Gasteiger partial charge in [0.05, 0.1) is 17.2 Å². The van der Waals surface area contributed by atoms with E-state index in [2.05, 4.69) is 0 Å². The van der Waals surface area contributed by atoms with Gasteiger partial charge in [0.25, 0.3) is 0 Å². The first-order chi connectivity index (χ1) is 8.79. The van der Waals surface area contributed by atoms with Crippen molar-refractivity contribution in [1.29, 1.82) is 0 Å². The highest BCUT2D eigenvalue weighted by Gasteiger charge is 2.22. The minimum absolute atomic E-state index is 0.213. The summed E-state index contributed by atoms with van der Waals surface area (Å²) < 4.78 is 6.24. The molecule has 0 aliphatic heterocycles. The first kappa shape index (κ1) is 13.1. The molecule has 2 rings (SSSR count). The molecule has 0 aliphatic rings. The van der Waals surface area contributed by atoms with Crippen LogP contribution in [0.4, 0.5) is 4.79 Å². The zero-order valence-corrected chi connectivity index (χ0v) is 11.0. The number of aromatic nitrogens is 1. The smallest absolute Gasteiger partial charge is 0.419 e. The van der Waals surface area contributed by atoms with Crippen molar-refractivity contribution in [3.05, 3.63) is 36.0 Å². The normalized spacial score (nSPS) is 11.5. The number of hydrogen-bond donors (Lipinski definition) is 0. The summed E-state index contributed by atoms with van der Waals surface area (Å²) in [6.45, 7) is 5.15. The van der Waals surface area contributed by atoms with Crippen LogP contribution in [0.3, 0.4) is 0 Å². The fourth-order valence-electron chi connectivity index (χ4n) is 1.81. The Morgan fingerprint density at radius 3 is 2.42 bits per heavy atom. The van der Waals surface area contributed by atoms with Crippen LogP contribution < -0.4 is 5.11 Å². The predicted molar refractivity (Wildman–Crippen MR) is 67.9 cm³/mol. The lowest BCUT2D eigenvalue weighted by atomic mass is 10.2. The first-order valence-corrected chi connectivity index (χ1v) is 5.85. The highest BCUT2D eigenvalue weighted by Crippen LogP contribution is 2.21. The molecule has 0 fully saturated rings. The molecule has 5 nitrogen and oxygen atoms in total. The third-order valence-electron chi connectivity index (χ3n) is 2.50. The molecule has 0 aliphatic carbocycles. The zero-order valence-electron chi connectivity index (χ0n) is 11.0. The van der Waals surface area contributed by atoms with E-state index >= 15 is 0 Å². The van der Waals surface area contributed by atoms with Gasteiger partial charge in [0.2, 0.25) is 0 Å². The molecule has 100 valence electrons. The number of benzene rings is 1. The van der Waals surface area contributed by atoms with Crippen LogP contribution in [0.15, 0.2) is 30.3 Å². The summed E-state index contributed by atoms with van der Waals surface area (Å²) in [5, 5.41) is 11.8. The van der Waals surface area contributed by atoms with Gasteiger partial charge >= 0.3 is 6.09 Å². The summed E-state index contributed by atoms with van der Waals surface area (Å²) in [5.41, 5.74) is -0.433. The van der Waals surface area contributed by atoms with Crippen LogP contribution in [0.2, 0.25) is 0 Å².